The number of hydrogen-bond acceptors (Lipinski definition) is 7. The van der Waals surface area contributed by atoms with Crippen LogP contribution < -0.4 is 20.1 Å². The fourth-order valence-electron chi connectivity index (χ4n) is 8.24. The van der Waals surface area contributed by atoms with Gasteiger partial charge in [-0.2, -0.15) is 4.58 Å². The van der Waals surface area contributed by atoms with Crippen molar-refractivity contribution in [2.75, 3.05) is 23.4 Å². The molecule has 0 aliphatic heterocycles. The van der Waals surface area contributed by atoms with Gasteiger partial charge in [0.2, 0.25) is 22.9 Å². The molecule has 3 N–H and O–H groups in total. The van der Waals surface area contributed by atoms with E-state index in [4.69, 9.17) is 9.47 Å². The van der Waals surface area contributed by atoms with E-state index in [1.807, 2.05) is 137 Å². The predicted octanol–water partition coefficient (Wildman–Crippen LogP) is 14.4. The fraction of sp³-hybridized carbons (Fsp3) is 0.276. The summed E-state index contributed by atoms with van der Waals surface area (Å²) in [4.78, 5) is 43.7. The second-order valence-electron chi connectivity index (χ2n) is 17.5. The van der Waals surface area contributed by atoms with Gasteiger partial charge in [0.15, 0.2) is 0 Å². The minimum Gasteiger partial charge on any atom is -0.506 e. The lowest BCUT2D eigenvalue weighted by molar-refractivity contribution is -0.111. The van der Waals surface area contributed by atoms with Crippen LogP contribution in [-0.2, 0) is 14.3 Å². The molecule has 5 aromatic carbocycles. The normalized spacial score (nSPS) is 14.3. The number of unbranched alkanes of at least 4 members (excludes halogenated alkanes) is 6. The molecule has 0 radical (unpaired) electrons. The van der Waals surface area contributed by atoms with E-state index in [0.717, 1.165) is 96.4 Å². The van der Waals surface area contributed by atoms with Gasteiger partial charge >= 0.3 is 12.2 Å². The SMILES string of the molecule is CCCCCCOC(=O)NC1=CC(=[N+](c2ccc(C)cc2)c2ccc(C)cc2)C=C/C1=C1\C(=O)C(c2ccc(N(c3ccc(C)cc3)c3ccc(C)cc3)cc2NC(=O)OCCCCCC)=C1O. The highest BCUT2D eigenvalue weighted by molar-refractivity contribution is 6.40. The first-order valence-electron chi connectivity index (χ1n) is 23.8. The number of rotatable bonds is 18. The molecule has 0 aromatic heterocycles. The minimum absolute atomic E-state index is 0.0245. The Morgan fingerprint density at radius 3 is 1.53 bits per heavy atom. The van der Waals surface area contributed by atoms with Crippen LogP contribution in [0.15, 0.2) is 156 Å². The largest absolute Gasteiger partial charge is 0.506 e. The van der Waals surface area contributed by atoms with Gasteiger partial charge in [-0.3, -0.25) is 15.4 Å². The summed E-state index contributed by atoms with van der Waals surface area (Å²) in [7, 11) is 0. The van der Waals surface area contributed by atoms with E-state index < -0.39 is 18.0 Å². The highest BCUT2D eigenvalue weighted by Crippen LogP contribution is 2.45. The number of Topliss-reactive ketones (excluding diaryl/α,β-unsaturated/α-hetero) is 1. The Labute approximate surface area is 401 Å². The first kappa shape index (κ1) is 48.5. The third-order valence-electron chi connectivity index (χ3n) is 12.1. The molecule has 0 saturated carbocycles. The highest BCUT2D eigenvalue weighted by Gasteiger charge is 2.40. The number of aryl methyl sites for hydroxylation is 4. The monoisotopic (exact) mass is 911 g/mol. The first-order valence-corrected chi connectivity index (χ1v) is 23.8. The number of nitrogens with zero attached hydrogens (tertiary/aromatic N) is 2. The molecular formula is C58H63N4O6+. The maximum absolute atomic E-state index is 14.7. The molecule has 0 fully saturated rings. The zero-order chi connectivity index (χ0) is 48.2. The van der Waals surface area contributed by atoms with Crippen molar-refractivity contribution in [3.8, 4) is 0 Å². The average Bonchev–Trinajstić information content (AvgIpc) is 3.33. The van der Waals surface area contributed by atoms with Gasteiger partial charge in [-0.15, -0.1) is 0 Å². The first-order chi connectivity index (χ1) is 32.9. The summed E-state index contributed by atoms with van der Waals surface area (Å²) in [5.74, 6) is -0.733. The molecule has 10 heteroatoms. The highest BCUT2D eigenvalue weighted by atomic mass is 16.6. The Bertz CT molecular complexity index is 2690. The van der Waals surface area contributed by atoms with Gasteiger partial charge in [0.25, 0.3) is 0 Å². The summed E-state index contributed by atoms with van der Waals surface area (Å²) >= 11 is 0. The Balaban J connectivity index is 1.33. The zero-order valence-electron chi connectivity index (χ0n) is 40.2. The molecule has 350 valence electrons. The number of carbonyl (C=O) groups is 3. The number of ether oxygens (including phenoxy) is 2. The molecule has 0 unspecified atom stereocenters. The van der Waals surface area contributed by atoms with Crippen LogP contribution in [0.4, 0.5) is 43.7 Å². The molecule has 68 heavy (non-hydrogen) atoms. The summed E-state index contributed by atoms with van der Waals surface area (Å²) in [5.41, 5.74) is 10.7. The van der Waals surface area contributed by atoms with Crippen LogP contribution in [0.5, 0.6) is 0 Å². The van der Waals surface area contributed by atoms with Gasteiger partial charge in [-0.05, 0) is 89.1 Å². The van der Waals surface area contributed by atoms with Crippen molar-refractivity contribution in [3.05, 3.63) is 184 Å². The van der Waals surface area contributed by atoms with Crippen LogP contribution in [0.1, 0.15) is 93.0 Å². The third kappa shape index (κ3) is 11.7. The quantitative estimate of drug-likeness (QED) is 0.0455. The Morgan fingerprint density at radius 2 is 1.04 bits per heavy atom. The van der Waals surface area contributed by atoms with Gasteiger partial charge in [0.05, 0.1) is 35.7 Å². The van der Waals surface area contributed by atoms with E-state index >= 15 is 0 Å². The van der Waals surface area contributed by atoms with Gasteiger partial charge in [-0.25, -0.2) is 9.59 Å². The number of aliphatic hydroxyl groups is 1. The van der Waals surface area contributed by atoms with Crippen molar-refractivity contribution in [3.63, 3.8) is 0 Å². The number of hydrogen-bond donors (Lipinski definition) is 3. The van der Waals surface area contributed by atoms with Crippen LogP contribution in [0.2, 0.25) is 0 Å². The maximum atomic E-state index is 14.7. The Morgan fingerprint density at radius 1 is 0.574 bits per heavy atom. The summed E-state index contributed by atoms with van der Waals surface area (Å²) in [5, 5.41) is 17.9. The number of ketones is 1. The van der Waals surface area contributed by atoms with Crippen molar-refractivity contribution < 1.29 is 29.0 Å². The summed E-state index contributed by atoms with van der Waals surface area (Å²) in [6.45, 7) is 12.9. The van der Waals surface area contributed by atoms with Crippen molar-refractivity contribution in [1.29, 1.82) is 0 Å². The number of aliphatic hydroxyl groups excluding tert-OH is 1. The number of anilines is 4. The molecule has 0 heterocycles. The average molecular weight is 912 g/mol. The molecule has 0 atom stereocenters. The molecule has 0 bridgehead atoms. The molecule has 2 aliphatic rings. The molecule has 0 saturated heterocycles. The van der Waals surface area contributed by atoms with Crippen molar-refractivity contribution >= 4 is 63.4 Å². The standard InChI is InChI=1S/C58H62N4O6/c1-7-9-11-13-35-67-57(65)59-51-37-47(61(43-23-15-39(3)16-24-43)44-25-17-40(4)18-26-44)31-33-49(51)53-55(63)54(56(53)64)50-34-32-48(38-52(50)60-58(66)68-36-14-12-10-8-2)62(45-27-19-41(5)20-28-45)46-29-21-42(6)22-30-46/h15-34,37-38H,7-14,35-36H2,1-6H3,(H2,59,60,63,64,65,66)/p+1. The van der Waals surface area contributed by atoms with Crippen LogP contribution in [0, 0.1) is 27.7 Å². The van der Waals surface area contributed by atoms with Crippen molar-refractivity contribution in [2.45, 2.75) is 92.9 Å². The second-order valence-corrected chi connectivity index (χ2v) is 17.5. The number of carbonyl (C=O) groups excluding carboxylic acids is 3. The smallest absolute Gasteiger partial charge is 0.411 e. The van der Waals surface area contributed by atoms with Crippen molar-refractivity contribution in [1.82, 2.24) is 9.89 Å². The molecule has 7 rings (SSSR count). The van der Waals surface area contributed by atoms with Crippen molar-refractivity contribution in [2.24, 2.45) is 0 Å². The van der Waals surface area contributed by atoms with Crippen LogP contribution in [-0.4, -0.2) is 42.0 Å². The van der Waals surface area contributed by atoms with Gasteiger partial charge in [-0.1, -0.05) is 123 Å². The van der Waals surface area contributed by atoms with Gasteiger partial charge in [0, 0.05) is 64.6 Å². The van der Waals surface area contributed by atoms with E-state index in [2.05, 4.69) is 34.0 Å². The molecule has 0 spiro atoms. The molecule has 2 aliphatic carbocycles. The van der Waals surface area contributed by atoms with Crippen LogP contribution in [0.3, 0.4) is 0 Å². The molecular weight excluding hydrogens is 849 g/mol. The molecule has 5 aromatic rings. The minimum atomic E-state index is -0.671. The number of amides is 2. The van der Waals surface area contributed by atoms with Crippen LogP contribution >= 0.6 is 0 Å². The van der Waals surface area contributed by atoms with Crippen LogP contribution in [0.25, 0.3) is 5.57 Å². The number of allylic oxidation sites excluding steroid dienone is 5. The second kappa shape index (κ2) is 22.8. The lowest BCUT2D eigenvalue weighted by Crippen LogP contribution is -2.31. The molecule has 2 amide bonds. The number of alkyl carbamates (subject to hydrolysis) is 1. The van der Waals surface area contributed by atoms with Gasteiger partial charge in [0.1, 0.15) is 5.76 Å². The van der Waals surface area contributed by atoms with Gasteiger partial charge < -0.3 is 19.5 Å². The van der Waals surface area contributed by atoms with E-state index in [9.17, 15) is 19.5 Å². The van der Waals surface area contributed by atoms with E-state index in [1.54, 1.807) is 24.3 Å². The number of nitrogens with one attached hydrogen (secondary N) is 2. The fourth-order valence-corrected chi connectivity index (χ4v) is 8.24. The summed E-state index contributed by atoms with van der Waals surface area (Å²) in [6, 6.07) is 38.0. The maximum Gasteiger partial charge on any atom is 0.411 e. The number of benzene rings is 5. The van der Waals surface area contributed by atoms with E-state index in [-0.39, 0.29) is 41.5 Å². The Hall–Kier alpha value is -7.46. The molecule has 10 nitrogen and oxygen atoms in total. The zero-order valence-corrected chi connectivity index (χ0v) is 40.2. The topological polar surface area (TPSA) is 120 Å². The lowest BCUT2D eigenvalue weighted by atomic mass is 9.78. The predicted molar refractivity (Wildman–Crippen MR) is 276 cm³/mol. The van der Waals surface area contributed by atoms with E-state index in [1.165, 1.54) is 0 Å². The van der Waals surface area contributed by atoms with E-state index in [0.29, 0.717) is 22.5 Å². The Kier molecular flexibility index (Phi) is 16.3. The third-order valence-corrected chi connectivity index (χ3v) is 12.1. The lowest BCUT2D eigenvalue weighted by Gasteiger charge is -2.29. The summed E-state index contributed by atoms with van der Waals surface area (Å²) in [6.07, 6.45) is 11.6. The summed E-state index contributed by atoms with van der Waals surface area (Å²) < 4.78 is 13.3.